The Morgan fingerprint density at radius 3 is 1.43 bits per heavy atom. The lowest BCUT2D eigenvalue weighted by Gasteiger charge is -2.60. The van der Waals surface area contributed by atoms with Crippen molar-refractivity contribution < 1.29 is 47.7 Å². The van der Waals surface area contributed by atoms with Crippen LogP contribution in [0, 0.1) is 69.0 Å². The number of rotatable bonds is 12. The second kappa shape index (κ2) is 19.0. The number of ether oxygens (including phenoxy) is 4. The molecule has 10 nitrogen and oxygen atoms in total. The molecule has 10 heteroatoms. The summed E-state index contributed by atoms with van der Waals surface area (Å²) in [5.74, 6) is 2.22. The van der Waals surface area contributed by atoms with E-state index in [1.165, 1.54) is 37.1 Å². The SMILES string of the molecule is CC(=O)O[C@H]1CC[C@H]2[C@@H]3[C@H](C/C=C/C(=O)OCc4cccc(COC(=O)/C=C/C[C@@H]5CC6=CC(=O)CC[C@]6(C)[C@H]6CC[C@]7(C)[C@@H](OC(C)=O)CC[C@H]7[C@H]56)c4)CC4=CC(=O)CC[C@]4(C)[C@H]3CC[C@]12C. The molecule has 0 saturated heterocycles. The first-order valence-electron chi connectivity index (χ1n) is 26.0. The van der Waals surface area contributed by atoms with Gasteiger partial charge in [-0.3, -0.25) is 19.2 Å². The molecule has 0 unspecified atom stereocenters. The van der Waals surface area contributed by atoms with Gasteiger partial charge in [-0.05, 0) is 177 Å². The third kappa shape index (κ3) is 9.04. The van der Waals surface area contributed by atoms with Crippen LogP contribution in [-0.2, 0) is 60.9 Å². The maximum absolute atomic E-state index is 13.1. The summed E-state index contributed by atoms with van der Waals surface area (Å²) in [6.07, 6.45) is 24.6. The van der Waals surface area contributed by atoms with Gasteiger partial charge in [0.1, 0.15) is 25.4 Å². The Hall–Kier alpha value is -4.60. The molecule has 6 fully saturated rings. The summed E-state index contributed by atoms with van der Waals surface area (Å²) < 4.78 is 23.3. The van der Waals surface area contributed by atoms with Gasteiger partial charge in [-0.1, -0.05) is 69.2 Å². The van der Waals surface area contributed by atoms with Gasteiger partial charge in [0.05, 0.1) is 0 Å². The number of fused-ring (bicyclic) bond motifs is 10. The maximum Gasteiger partial charge on any atom is 0.330 e. The van der Waals surface area contributed by atoms with Crippen LogP contribution in [0.4, 0.5) is 0 Å². The quantitative estimate of drug-likeness (QED) is 0.113. The summed E-state index contributed by atoms with van der Waals surface area (Å²) in [6, 6.07) is 7.53. The lowest BCUT2D eigenvalue weighted by molar-refractivity contribution is -0.159. The molecular formula is C58H74O10. The molecule has 0 aliphatic heterocycles. The van der Waals surface area contributed by atoms with Crippen LogP contribution in [0.25, 0.3) is 0 Å². The molecule has 0 heterocycles. The molecule has 8 aliphatic carbocycles. The fourth-order valence-electron chi connectivity index (χ4n) is 16.5. The summed E-state index contributed by atoms with van der Waals surface area (Å²) in [5.41, 5.74) is 3.96. The molecule has 0 radical (unpaired) electrons. The summed E-state index contributed by atoms with van der Waals surface area (Å²) >= 11 is 0. The first-order valence-corrected chi connectivity index (χ1v) is 26.0. The van der Waals surface area contributed by atoms with Crippen molar-refractivity contribution in [1.82, 2.24) is 0 Å². The summed E-state index contributed by atoms with van der Waals surface area (Å²) in [7, 11) is 0. The number of carbonyl (C=O) groups excluding carboxylic acids is 6. The van der Waals surface area contributed by atoms with Crippen molar-refractivity contribution in [2.75, 3.05) is 0 Å². The van der Waals surface area contributed by atoms with Crippen molar-refractivity contribution in [3.63, 3.8) is 0 Å². The molecule has 9 rings (SSSR count). The zero-order valence-corrected chi connectivity index (χ0v) is 41.4. The van der Waals surface area contributed by atoms with E-state index in [1.807, 2.05) is 48.6 Å². The highest BCUT2D eigenvalue weighted by Crippen LogP contribution is 2.69. The first kappa shape index (κ1) is 48.4. The zero-order chi connectivity index (χ0) is 48.2. The van der Waals surface area contributed by atoms with E-state index in [2.05, 4.69) is 27.7 Å². The highest BCUT2D eigenvalue weighted by molar-refractivity contribution is 5.92. The van der Waals surface area contributed by atoms with Crippen molar-refractivity contribution in [3.8, 4) is 0 Å². The number of hydrogen-bond acceptors (Lipinski definition) is 10. The fraction of sp³-hybridized carbons (Fsp3) is 0.655. The molecule has 0 amide bonds. The van der Waals surface area contributed by atoms with Crippen LogP contribution in [0.15, 0.2) is 71.9 Å². The largest absolute Gasteiger partial charge is 0.462 e. The minimum atomic E-state index is -0.421. The number of carbonyl (C=O) groups is 6. The van der Waals surface area contributed by atoms with E-state index in [0.29, 0.717) is 61.2 Å². The van der Waals surface area contributed by atoms with Gasteiger partial charge >= 0.3 is 23.9 Å². The Morgan fingerprint density at radius 1 is 0.588 bits per heavy atom. The van der Waals surface area contributed by atoms with Crippen molar-refractivity contribution >= 4 is 35.4 Å². The topological polar surface area (TPSA) is 139 Å². The Labute approximate surface area is 403 Å². The first-order chi connectivity index (χ1) is 32.4. The van der Waals surface area contributed by atoms with Crippen LogP contribution >= 0.6 is 0 Å². The number of esters is 4. The van der Waals surface area contributed by atoms with E-state index in [4.69, 9.17) is 18.9 Å². The Kier molecular flexibility index (Phi) is 13.5. The summed E-state index contributed by atoms with van der Waals surface area (Å²) in [4.78, 5) is 75.8. The van der Waals surface area contributed by atoms with Crippen LogP contribution in [-0.4, -0.2) is 47.7 Å². The van der Waals surface area contributed by atoms with E-state index in [-0.39, 0.29) is 82.4 Å². The zero-order valence-electron chi connectivity index (χ0n) is 41.4. The normalized spacial score (nSPS) is 39.3. The number of allylic oxidation sites excluding steroid dienone is 4. The van der Waals surface area contributed by atoms with Crippen molar-refractivity contribution in [3.05, 3.63) is 83.0 Å². The van der Waals surface area contributed by atoms with E-state index in [9.17, 15) is 28.8 Å². The molecular weight excluding hydrogens is 857 g/mol. The Balaban J connectivity index is 0.791. The number of benzene rings is 1. The molecule has 14 atom stereocenters. The maximum atomic E-state index is 13.1. The summed E-state index contributed by atoms with van der Waals surface area (Å²) in [5, 5.41) is 0. The van der Waals surface area contributed by atoms with E-state index >= 15 is 0 Å². The monoisotopic (exact) mass is 931 g/mol. The van der Waals surface area contributed by atoms with Gasteiger partial charge in [0.2, 0.25) is 0 Å². The minimum absolute atomic E-state index is 0.00472. The van der Waals surface area contributed by atoms with E-state index in [0.717, 1.165) is 88.2 Å². The predicted octanol–water partition coefficient (Wildman–Crippen LogP) is 11.0. The highest BCUT2D eigenvalue weighted by atomic mass is 16.6. The average molecular weight is 931 g/mol. The molecule has 0 bridgehead atoms. The average Bonchev–Trinajstić information content (AvgIpc) is 3.80. The van der Waals surface area contributed by atoms with Gasteiger partial charge in [-0.25, -0.2) is 9.59 Å². The summed E-state index contributed by atoms with van der Waals surface area (Å²) in [6.45, 7) is 12.6. The van der Waals surface area contributed by atoms with E-state index < -0.39 is 11.9 Å². The lowest BCUT2D eigenvalue weighted by Crippen LogP contribution is -2.54. The van der Waals surface area contributed by atoms with Gasteiger partial charge in [0, 0.05) is 49.7 Å². The molecule has 68 heavy (non-hydrogen) atoms. The minimum Gasteiger partial charge on any atom is -0.462 e. The van der Waals surface area contributed by atoms with E-state index in [1.54, 1.807) is 0 Å². The van der Waals surface area contributed by atoms with Gasteiger partial charge in [-0.2, -0.15) is 0 Å². The van der Waals surface area contributed by atoms with Gasteiger partial charge < -0.3 is 18.9 Å². The highest BCUT2D eigenvalue weighted by Gasteiger charge is 2.63. The second-order valence-corrected chi connectivity index (χ2v) is 23.4. The number of hydrogen-bond donors (Lipinski definition) is 0. The van der Waals surface area contributed by atoms with Crippen LogP contribution in [0.1, 0.15) is 155 Å². The Morgan fingerprint density at radius 2 is 1.01 bits per heavy atom. The van der Waals surface area contributed by atoms with Crippen molar-refractivity contribution in [2.45, 2.75) is 170 Å². The van der Waals surface area contributed by atoms with Crippen LogP contribution in [0.5, 0.6) is 0 Å². The van der Waals surface area contributed by atoms with Crippen LogP contribution in [0.2, 0.25) is 0 Å². The van der Waals surface area contributed by atoms with Gasteiger partial charge in [0.15, 0.2) is 11.6 Å². The van der Waals surface area contributed by atoms with Crippen molar-refractivity contribution in [1.29, 1.82) is 0 Å². The molecule has 1 aromatic carbocycles. The molecule has 366 valence electrons. The predicted molar refractivity (Wildman–Crippen MR) is 256 cm³/mol. The molecule has 0 spiro atoms. The van der Waals surface area contributed by atoms with Gasteiger partial charge in [-0.15, -0.1) is 0 Å². The Bertz CT molecular complexity index is 2160. The molecule has 6 saturated carbocycles. The van der Waals surface area contributed by atoms with Crippen LogP contribution < -0.4 is 0 Å². The molecule has 0 N–H and O–H groups in total. The molecule has 8 aliphatic rings. The smallest absolute Gasteiger partial charge is 0.330 e. The van der Waals surface area contributed by atoms with Crippen LogP contribution in [0.3, 0.4) is 0 Å². The number of ketones is 2. The standard InChI is InChI=1S/C58H74O10/c1-35(59)67-49-18-16-45-53-39(29-41-31-43(61)20-24-55(41,3)47(53)22-26-57(45,49)5)12-8-14-51(63)65-33-37-10-7-11-38(28-37)34-66-52(64)15-9-13-40-30-42-32-44(62)21-25-56(42,4)48-23-27-58(6)46(54(40)48)17-19-50(58)68-36(2)60/h7-11,14-15,28,31-32,39-40,45-50,53-54H,12-13,16-27,29-30,33-34H2,1-6H3/b14-8+,15-9+/t39-,40-,45+,46+,47+,48+,49+,50+,53+,54+,55+,56+,57+,58+/m1/s1. The third-order valence-corrected chi connectivity index (χ3v) is 19.9. The fourth-order valence-corrected chi connectivity index (χ4v) is 16.5. The molecule has 0 aromatic heterocycles. The van der Waals surface area contributed by atoms with Crippen molar-refractivity contribution in [2.24, 2.45) is 69.0 Å². The van der Waals surface area contributed by atoms with Gasteiger partial charge in [0.25, 0.3) is 0 Å². The third-order valence-electron chi connectivity index (χ3n) is 19.9. The molecule has 1 aromatic rings. The lowest BCUT2D eigenvalue weighted by atomic mass is 9.44. The second-order valence-electron chi connectivity index (χ2n) is 23.4.